The number of hydrogen-bond acceptors (Lipinski definition) is 5. The molecule has 0 bridgehead atoms. The number of halogens is 2. The second-order valence-electron chi connectivity index (χ2n) is 8.91. The Labute approximate surface area is 198 Å². The average molecular weight is 475 g/mol. The van der Waals surface area contributed by atoms with Crippen LogP contribution in [-0.2, 0) is 14.0 Å². The summed E-state index contributed by atoms with van der Waals surface area (Å²) >= 11 is 12.8. The maximum absolute atomic E-state index is 12.1. The van der Waals surface area contributed by atoms with E-state index in [4.69, 9.17) is 42.0 Å². The molecule has 1 fully saturated rings. The highest BCUT2D eigenvalue weighted by Gasteiger charge is 2.53. The molecule has 2 aromatic carbocycles. The molecule has 2 heterocycles. The number of carbonyl (C=O) groups is 1. The van der Waals surface area contributed by atoms with Gasteiger partial charge >= 0.3 is 13.1 Å². The summed E-state index contributed by atoms with van der Waals surface area (Å²) in [5, 5.41) is 1.10. The van der Waals surface area contributed by atoms with Gasteiger partial charge in [0.15, 0.2) is 0 Å². The Morgan fingerprint density at radius 2 is 1.66 bits per heavy atom. The van der Waals surface area contributed by atoms with Gasteiger partial charge in [-0.15, -0.1) is 0 Å². The van der Waals surface area contributed by atoms with Gasteiger partial charge in [-0.2, -0.15) is 0 Å². The summed E-state index contributed by atoms with van der Waals surface area (Å²) in [7, 11) is 0.705. The minimum atomic E-state index is -0.647. The summed E-state index contributed by atoms with van der Waals surface area (Å²) in [6.45, 7) is 8.44. The van der Waals surface area contributed by atoms with E-state index in [1.54, 1.807) is 18.2 Å². The van der Waals surface area contributed by atoms with Crippen LogP contribution < -0.4 is 4.74 Å². The summed E-state index contributed by atoms with van der Waals surface area (Å²) < 4.78 is 23.8. The van der Waals surface area contributed by atoms with Crippen LogP contribution in [0.25, 0.3) is 11.0 Å². The Hall–Kier alpha value is -1.99. The van der Waals surface area contributed by atoms with Gasteiger partial charge in [0.1, 0.15) is 5.75 Å². The number of carbonyl (C=O) groups excluding carboxylic acids is 1. The molecular formula is C24H25BCl2O5. The van der Waals surface area contributed by atoms with Crippen molar-refractivity contribution < 1.29 is 23.6 Å². The molecule has 2 aliphatic rings. The van der Waals surface area contributed by atoms with Gasteiger partial charge in [0, 0.05) is 22.0 Å². The fourth-order valence-electron chi connectivity index (χ4n) is 3.91. The average Bonchev–Trinajstić information content (AvgIpc) is 2.85. The number of rotatable bonds is 3. The Bertz CT molecular complexity index is 1090. The molecule has 0 aliphatic carbocycles. The van der Waals surface area contributed by atoms with Gasteiger partial charge < -0.3 is 18.8 Å². The zero-order valence-electron chi connectivity index (χ0n) is 18.8. The molecular weight excluding hydrogens is 450 g/mol. The van der Waals surface area contributed by atoms with Crippen LogP contribution in [0.15, 0.2) is 36.4 Å². The normalized spacial score (nSPS) is 19.3. The standard InChI is InChI=1S/C24H25BCl2O5/c1-23(2)24(3,4)32-25(31-23)21-17(16-9-7-15(26)13-19(16)27)10-11-30-20-12-14(22(28)29-5)6-8-18(20)21/h6-9,12-13H,10-11H2,1-5H3. The van der Waals surface area contributed by atoms with Crippen molar-refractivity contribution >= 4 is 47.3 Å². The first-order valence-electron chi connectivity index (χ1n) is 10.4. The summed E-state index contributed by atoms with van der Waals surface area (Å²) in [6.07, 6.45) is 0.572. The van der Waals surface area contributed by atoms with Crippen molar-refractivity contribution in [3.8, 4) is 5.75 Å². The summed E-state index contributed by atoms with van der Waals surface area (Å²) in [5.41, 5.74) is 2.76. The smallest absolute Gasteiger partial charge is 0.493 e. The van der Waals surface area contributed by atoms with Crippen molar-refractivity contribution in [3.05, 3.63) is 63.1 Å². The van der Waals surface area contributed by atoms with E-state index in [9.17, 15) is 4.79 Å². The van der Waals surface area contributed by atoms with Crippen LogP contribution in [-0.4, -0.2) is 38.0 Å². The molecule has 4 rings (SSSR count). The van der Waals surface area contributed by atoms with E-state index in [1.165, 1.54) is 7.11 Å². The predicted molar refractivity (Wildman–Crippen MR) is 127 cm³/mol. The van der Waals surface area contributed by atoms with E-state index in [-0.39, 0.29) is 0 Å². The quantitative estimate of drug-likeness (QED) is 0.397. The largest absolute Gasteiger partial charge is 0.495 e. The molecule has 2 aromatic rings. The minimum absolute atomic E-state index is 0.398. The van der Waals surface area contributed by atoms with Gasteiger partial charge in [-0.05, 0) is 68.6 Å². The minimum Gasteiger partial charge on any atom is -0.493 e. The van der Waals surface area contributed by atoms with Crippen molar-refractivity contribution in [3.63, 3.8) is 0 Å². The lowest BCUT2D eigenvalue weighted by Crippen LogP contribution is -2.41. The fourth-order valence-corrected chi connectivity index (χ4v) is 4.44. The number of fused-ring (bicyclic) bond motifs is 1. The zero-order valence-corrected chi connectivity index (χ0v) is 20.3. The molecule has 8 heteroatoms. The molecule has 0 spiro atoms. The lowest BCUT2D eigenvalue weighted by molar-refractivity contribution is 0.00578. The molecule has 0 unspecified atom stereocenters. The van der Waals surface area contributed by atoms with Gasteiger partial charge in [-0.3, -0.25) is 0 Å². The Balaban J connectivity index is 1.94. The van der Waals surface area contributed by atoms with Gasteiger partial charge in [-0.25, -0.2) is 4.79 Å². The van der Waals surface area contributed by atoms with Crippen molar-refractivity contribution in [2.75, 3.05) is 13.7 Å². The maximum Gasteiger partial charge on any atom is 0.495 e. The lowest BCUT2D eigenvalue weighted by Gasteiger charge is -2.32. The predicted octanol–water partition coefficient (Wildman–Crippen LogP) is 6.10. The maximum atomic E-state index is 12.1. The van der Waals surface area contributed by atoms with Crippen LogP contribution in [0.4, 0.5) is 0 Å². The number of methoxy groups -OCH3 is 1. The number of benzene rings is 2. The topological polar surface area (TPSA) is 54.0 Å². The van der Waals surface area contributed by atoms with E-state index < -0.39 is 24.3 Å². The zero-order chi connectivity index (χ0) is 23.3. The second kappa shape index (κ2) is 8.42. The summed E-state index contributed by atoms with van der Waals surface area (Å²) in [5.74, 6) is 0.139. The SMILES string of the molecule is COC(=O)c1ccc2c(c1)OCCC(c1ccc(Cl)cc1Cl)=C2B1OC(C)(C)C(C)(C)O1. The van der Waals surface area contributed by atoms with Crippen LogP contribution in [0.1, 0.15) is 55.6 Å². The van der Waals surface area contributed by atoms with E-state index in [0.29, 0.717) is 34.4 Å². The first kappa shape index (κ1) is 23.2. The molecule has 0 saturated carbocycles. The van der Waals surface area contributed by atoms with Crippen LogP contribution in [0, 0.1) is 0 Å². The second-order valence-corrected chi connectivity index (χ2v) is 9.75. The van der Waals surface area contributed by atoms with Gasteiger partial charge in [0.05, 0.1) is 30.5 Å². The fraction of sp³-hybridized carbons (Fsp3) is 0.375. The third-order valence-electron chi connectivity index (χ3n) is 6.37. The third kappa shape index (κ3) is 4.05. The van der Waals surface area contributed by atoms with Gasteiger partial charge in [0.2, 0.25) is 0 Å². The van der Waals surface area contributed by atoms with Gasteiger partial charge in [-0.1, -0.05) is 35.3 Å². The molecule has 5 nitrogen and oxygen atoms in total. The summed E-state index contributed by atoms with van der Waals surface area (Å²) in [4.78, 5) is 12.1. The molecule has 0 N–H and O–H groups in total. The van der Waals surface area contributed by atoms with E-state index in [0.717, 1.165) is 22.2 Å². The Morgan fingerprint density at radius 1 is 1.00 bits per heavy atom. The lowest BCUT2D eigenvalue weighted by atomic mass is 9.69. The first-order chi connectivity index (χ1) is 15.0. The van der Waals surface area contributed by atoms with Crippen LogP contribution >= 0.6 is 23.2 Å². The van der Waals surface area contributed by atoms with Crippen LogP contribution in [0.3, 0.4) is 0 Å². The molecule has 0 radical (unpaired) electrons. The van der Waals surface area contributed by atoms with Crippen LogP contribution in [0.5, 0.6) is 5.75 Å². The van der Waals surface area contributed by atoms with Crippen molar-refractivity contribution in [1.29, 1.82) is 0 Å². The van der Waals surface area contributed by atoms with E-state index in [1.807, 2.05) is 45.9 Å². The van der Waals surface area contributed by atoms with Crippen molar-refractivity contribution in [2.45, 2.75) is 45.3 Å². The number of hydrogen-bond donors (Lipinski definition) is 0. The monoisotopic (exact) mass is 474 g/mol. The molecule has 0 aromatic heterocycles. The molecule has 1 saturated heterocycles. The highest BCUT2D eigenvalue weighted by atomic mass is 35.5. The Kier molecular flexibility index (Phi) is 6.10. The van der Waals surface area contributed by atoms with E-state index >= 15 is 0 Å². The van der Waals surface area contributed by atoms with Gasteiger partial charge in [0.25, 0.3) is 0 Å². The molecule has 0 amide bonds. The molecule has 2 aliphatic heterocycles. The molecule has 168 valence electrons. The van der Waals surface area contributed by atoms with Crippen molar-refractivity contribution in [1.82, 2.24) is 0 Å². The Morgan fingerprint density at radius 3 is 2.28 bits per heavy atom. The van der Waals surface area contributed by atoms with Crippen molar-refractivity contribution in [2.24, 2.45) is 0 Å². The third-order valence-corrected chi connectivity index (χ3v) is 6.92. The highest BCUT2D eigenvalue weighted by Crippen LogP contribution is 2.47. The summed E-state index contributed by atoms with van der Waals surface area (Å²) in [6, 6.07) is 10.7. The molecule has 32 heavy (non-hydrogen) atoms. The van der Waals surface area contributed by atoms with E-state index in [2.05, 4.69) is 0 Å². The highest BCUT2D eigenvalue weighted by molar-refractivity contribution is 6.71. The number of esters is 1. The first-order valence-corrected chi connectivity index (χ1v) is 11.2. The van der Waals surface area contributed by atoms with Crippen LogP contribution in [0.2, 0.25) is 10.0 Å². The molecule has 0 atom stereocenters. The number of ether oxygens (including phenoxy) is 2.